The molecule has 2 aliphatic rings. The summed E-state index contributed by atoms with van der Waals surface area (Å²) in [5, 5.41) is 0. The van der Waals surface area contributed by atoms with Gasteiger partial charge in [-0.05, 0) is 19.3 Å². The number of epoxide rings is 1. The summed E-state index contributed by atoms with van der Waals surface area (Å²) in [5.41, 5.74) is 0.218. The second-order valence-electron chi connectivity index (χ2n) is 4.90. The molecule has 0 aromatic carbocycles. The average Bonchev–Trinajstić information content (AvgIpc) is 2.92. The molecule has 0 unspecified atom stereocenters. The number of rotatable bonds is 3. The molecule has 1 nitrogen and oxygen atoms in total. The van der Waals surface area contributed by atoms with Crippen LogP contribution in [-0.4, -0.2) is 11.7 Å². The van der Waals surface area contributed by atoms with E-state index >= 15 is 0 Å². The Labute approximate surface area is 93.6 Å². The minimum atomic E-state index is 0.218. The summed E-state index contributed by atoms with van der Waals surface area (Å²) in [4.78, 5) is 0. The van der Waals surface area contributed by atoms with E-state index in [0.717, 1.165) is 6.42 Å². The van der Waals surface area contributed by atoms with Gasteiger partial charge in [0.1, 0.15) is 11.7 Å². The molecule has 1 atom stereocenters. The van der Waals surface area contributed by atoms with Crippen LogP contribution in [0.5, 0.6) is 0 Å². The summed E-state index contributed by atoms with van der Waals surface area (Å²) in [6.07, 6.45) is 11.8. The van der Waals surface area contributed by atoms with Gasteiger partial charge < -0.3 is 4.74 Å². The van der Waals surface area contributed by atoms with Crippen LogP contribution >= 0.6 is 0 Å². The monoisotopic (exact) mass is 206 g/mol. The van der Waals surface area contributed by atoms with E-state index in [1.54, 1.807) is 0 Å². The van der Waals surface area contributed by atoms with Gasteiger partial charge in [0.25, 0.3) is 0 Å². The van der Waals surface area contributed by atoms with Crippen LogP contribution in [0.3, 0.4) is 0 Å². The smallest absolute Gasteiger partial charge is 0.147 e. The van der Waals surface area contributed by atoms with E-state index in [1.165, 1.54) is 51.4 Å². The Kier molecular flexibility index (Phi) is 3.70. The summed E-state index contributed by atoms with van der Waals surface area (Å²) in [6.45, 7) is 2.23. The van der Waals surface area contributed by atoms with Crippen LogP contribution in [0.2, 0.25) is 0 Å². The molecule has 2 fully saturated rings. The van der Waals surface area contributed by atoms with Gasteiger partial charge in [-0.15, -0.1) is 5.92 Å². The summed E-state index contributed by atoms with van der Waals surface area (Å²) in [5.74, 6) is 6.58. The van der Waals surface area contributed by atoms with Crippen molar-refractivity contribution in [2.24, 2.45) is 0 Å². The highest BCUT2D eigenvalue weighted by atomic mass is 16.6. The summed E-state index contributed by atoms with van der Waals surface area (Å²) < 4.78 is 5.78. The van der Waals surface area contributed by atoms with Crippen molar-refractivity contribution in [2.75, 3.05) is 0 Å². The first-order chi connectivity index (χ1) is 7.37. The Hall–Kier alpha value is -0.480. The summed E-state index contributed by atoms with van der Waals surface area (Å²) in [7, 11) is 0. The fourth-order valence-corrected chi connectivity index (χ4v) is 2.52. The first-order valence-corrected chi connectivity index (χ1v) is 6.53. The topological polar surface area (TPSA) is 12.5 Å². The fourth-order valence-electron chi connectivity index (χ4n) is 2.52. The van der Waals surface area contributed by atoms with E-state index in [-0.39, 0.29) is 5.60 Å². The number of hydrogen-bond acceptors (Lipinski definition) is 1. The molecule has 0 aromatic heterocycles. The van der Waals surface area contributed by atoms with Crippen molar-refractivity contribution in [3.05, 3.63) is 0 Å². The van der Waals surface area contributed by atoms with E-state index in [2.05, 4.69) is 18.8 Å². The maximum atomic E-state index is 5.78. The minimum absolute atomic E-state index is 0.218. The quantitative estimate of drug-likeness (QED) is 0.390. The van der Waals surface area contributed by atoms with Gasteiger partial charge in [-0.25, -0.2) is 0 Å². The van der Waals surface area contributed by atoms with E-state index in [0.29, 0.717) is 6.10 Å². The maximum absolute atomic E-state index is 5.78. The van der Waals surface area contributed by atoms with E-state index < -0.39 is 0 Å². The largest absolute Gasteiger partial charge is 0.352 e. The first-order valence-electron chi connectivity index (χ1n) is 6.53. The van der Waals surface area contributed by atoms with Crippen molar-refractivity contribution >= 4 is 0 Å². The van der Waals surface area contributed by atoms with E-state index in [4.69, 9.17) is 4.74 Å². The van der Waals surface area contributed by atoms with Crippen molar-refractivity contribution in [1.29, 1.82) is 0 Å². The zero-order valence-electron chi connectivity index (χ0n) is 9.85. The molecule has 0 radical (unpaired) electrons. The van der Waals surface area contributed by atoms with E-state index in [1.807, 2.05) is 0 Å². The molecule has 1 heteroatoms. The summed E-state index contributed by atoms with van der Waals surface area (Å²) >= 11 is 0. The van der Waals surface area contributed by atoms with Gasteiger partial charge >= 0.3 is 0 Å². The van der Waals surface area contributed by atoms with Crippen LogP contribution in [0.1, 0.15) is 64.7 Å². The SMILES string of the molecule is CCCCCC#C[C@@H]1OC12CCCCC2. The van der Waals surface area contributed by atoms with Crippen LogP contribution in [-0.2, 0) is 4.74 Å². The summed E-state index contributed by atoms with van der Waals surface area (Å²) in [6, 6.07) is 0. The molecule has 0 N–H and O–H groups in total. The first kappa shape index (κ1) is 11.0. The van der Waals surface area contributed by atoms with Crippen molar-refractivity contribution in [3.8, 4) is 11.8 Å². The van der Waals surface area contributed by atoms with Gasteiger partial charge in [-0.2, -0.15) is 0 Å². The lowest BCUT2D eigenvalue weighted by Crippen LogP contribution is -2.18. The van der Waals surface area contributed by atoms with Gasteiger partial charge in [0.15, 0.2) is 0 Å². The maximum Gasteiger partial charge on any atom is 0.147 e. The number of hydrogen-bond donors (Lipinski definition) is 0. The molecule has 2 rings (SSSR count). The lowest BCUT2D eigenvalue weighted by molar-refractivity contribution is 0.235. The van der Waals surface area contributed by atoms with Crippen LogP contribution in [0.4, 0.5) is 0 Å². The van der Waals surface area contributed by atoms with Gasteiger partial charge in [-0.3, -0.25) is 0 Å². The lowest BCUT2D eigenvalue weighted by atomic mass is 9.86. The Morgan fingerprint density at radius 3 is 2.73 bits per heavy atom. The Morgan fingerprint density at radius 1 is 1.20 bits per heavy atom. The van der Waals surface area contributed by atoms with Crippen molar-refractivity contribution in [2.45, 2.75) is 76.4 Å². The molecular weight excluding hydrogens is 184 g/mol. The lowest BCUT2D eigenvalue weighted by Gasteiger charge is -2.16. The third-order valence-electron chi connectivity index (χ3n) is 3.61. The second-order valence-corrected chi connectivity index (χ2v) is 4.90. The van der Waals surface area contributed by atoms with Crippen LogP contribution in [0.15, 0.2) is 0 Å². The molecule has 1 saturated heterocycles. The highest BCUT2D eigenvalue weighted by molar-refractivity contribution is 5.21. The molecule has 0 amide bonds. The molecule has 84 valence electrons. The predicted molar refractivity (Wildman–Crippen MR) is 62.6 cm³/mol. The third-order valence-corrected chi connectivity index (χ3v) is 3.61. The van der Waals surface area contributed by atoms with Gasteiger partial charge in [0, 0.05) is 6.42 Å². The third kappa shape index (κ3) is 2.75. The van der Waals surface area contributed by atoms with Crippen LogP contribution < -0.4 is 0 Å². The second kappa shape index (κ2) is 5.03. The zero-order chi connectivity index (χ0) is 10.6. The van der Waals surface area contributed by atoms with E-state index in [9.17, 15) is 0 Å². The van der Waals surface area contributed by atoms with Gasteiger partial charge in [-0.1, -0.05) is 44.9 Å². The predicted octanol–water partition coefficient (Wildman–Crippen LogP) is 3.67. The Bertz CT molecular complexity index is 252. The Balaban J connectivity index is 1.68. The molecule has 1 heterocycles. The molecule has 1 spiro atoms. The molecule has 1 aliphatic carbocycles. The highest BCUT2D eigenvalue weighted by Crippen LogP contribution is 2.47. The molecular formula is C14H22O. The highest BCUT2D eigenvalue weighted by Gasteiger charge is 2.55. The molecule has 1 aliphatic heterocycles. The van der Waals surface area contributed by atoms with Crippen molar-refractivity contribution in [1.82, 2.24) is 0 Å². The van der Waals surface area contributed by atoms with Gasteiger partial charge in [0.2, 0.25) is 0 Å². The van der Waals surface area contributed by atoms with Crippen LogP contribution in [0, 0.1) is 11.8 Å². The fraction of sp³-hybridized carbons (Fsp3) is 0.857. The van der Waals surface area contributed by atoms with Crippen LogP contribution in [0.25, 0.3) is 0 Å². The zero-order valence-corrected chi connectivity index (χ0v) is 9.85. The van der Waals surface area contributed by atoms with Gasteiger partial charge in [0.05, 0.1) is 0 Å². The standard InChI is InChI=1S/C14H22O/c1-2-3-4-5-7-10-13-14(15-13)11-8-6-9-12-14/h13H,2-6,8-9,11-12H2,1H3/t13-/m0/s1. The molecule has 0 aromatic rings. The normalized spacial score (nSPS) is 27.1. The molecule has 15 heavy (non-hydrogen) atoms. The number of ether oxygens (including phenoxy) is 1. The average molecular weight is 206 g/mol. The minimum Gasteiger partial charge on any atom is -0.352 e. The Morgan fingerprint density at radius 2 is 2.00 bits per heavy atom. The van der Waals surface area contributed by atoms with Crippen molar-refractivity contribution < 1.29 is 4.74 Å². The molecule has 0 bridgehead atoms. The molecule has 1 saturated carbocycles. The van der Waals surface area contributed by atoms with Crippen molar-refractivity contribution in [3.63, 3.8) is 0 Å². The number of unbranched alkanes of at least 4 members (excludes halogenated alkanes) is 3.